The molecule has 0 aromatic heterocycles. The van der Waals surface area contributed by atoms with Crippen LogP contribution in [0.15, 0.2) is 48.6 Å². The van der Waals surface area contributed by atoms with Crippen LogP contribution in [-0.2, 0) is 32.9 Å². The van der Waals surface area contributed by atoms with Gasteiger partial charge in [0.05, 0.1) is 6.61 Å². The smallest absolute Gasteiger partial charge is 0.462 e. The molecule has 0 saturated heterocycles. The number of phosphoric acid groups is 1. The van der Waals surface area contributed by atoms with Crippen LogP contribution in [0.4, 0.5) is 0 Å². The fourth-order valence-electron chi connectivity index (χ4n) is 4.74. The summed E-state index contributed by atoms with van der Waals surface area (Å²) in [5, 5.41) is 0. The van der Waals surface area contributed by atoms with Crippen LogP contribution in [0.1, 0.15) is 149 Å². The molecule has 0 rings (SSSR count). The van der Waals surface area contributed by atoms with E-state index in [9.17, 15) is 18.9 Å². The molecule has 0 bridgehead atoms. The summed E-state index contributed by atoms with van der Waals surface area (Å²) in [5.41, 5.74) is 0. The standard InChI is InChI=1S/C38H65O9P/c1-4-5-22-28-35(39)29-24-19-15-11-7-6-8-12-17-21-26-31-38(41)47-36(33-46-48(42,43)44)32-45-37(40)30-25-20-16-13-9-10-14-18-23-27-34(2)3/h6-7,12,15,17,19,24,29,34,36H,4-5,8-11,13-14,16,18,20-23,25-28,30-33H2,1-3H3,(H2,42,43,44)/b7-6-,17-12-,19-15-,29-24+/t36-/m1/s1. The summed E-state index contributed by atoms with van der Waals surface area (Å²) in [6.07, 6.45) is 32.6. The van der Waals surface area contributed by atoms with Gasteiger partial charge in [-0.1, -0.05) is 134 Å². The maximum absolute atomic E-state index is 12.3. The normalized spacial score (nSPS) is 13.0. The van der Waals surface area contributed by atoms with Crippen LogP contribution < -0.4 is 0 Å². The van der Waals surface area contributed by atoms with Gasteiger partial charge in [-0.25, -0.2) is 4.57 Å². The van der Waals surface area contributed by atoms with Crippen molar-refractivity contribution in [2.24, 2.45) is 5.92 Å². The van der Waals surface area contributed by atoms with Gasteiger partial charge >= 0.3 is 19.8 Å². The third kappa shape index (κ3) is 35.0. The summed E-state index contributed by atoms with van der Waals surface area (Å²) in [6.45, 7) is 5.74. The van der Waals surface area contributed by atoms with E-state index in [4.69, 9.17) is 19.3 Å². The lowest BCUT2D eigenvalue weighted by molar-refractivity contribution is -0.161. The number of unbranched alkanes of at least 4 members (excludes halogenated alkanes) is 11. The number of ketones is 1. The first-order chi connectivity index (χ1) is 23.0. The second-order valence-electron chi connectivity index (χ2n) is 12.7. The van der Waals surface area contributed by atoms with Gasteiger partial charge in [0.25, 0.3) is 0 Å². The SMILES string of the molecule is CCCCCC(=O)/C=C/C=C\C/C=C\C/C=C\CCCC(=O)O[C@H](COC(=O)CCCCCCCCCCCC(C)C)COP(=O)(O)O. The summed E-state index contributed by atoms with van der Waals surface area (Å²) in [4.78, 5) is 54.3. The number of carbonyl (C=O) groups excluding carboxylic acids is 3. The predicted octanol–water partition coefficient (Wildman–Crippen LogP) is 9.82. The van der Waals surface area contributed by atoms with Gasteiger partial charge in [-0.15, -0.1) is 0 Å². The van der Waals surface area contributed by atoms with Gasteiger partial charge in [0.1, 0.15) is 6.61 Å². The molecule has 9 nitrogen and oxygen atoms in total. The number of allylic oxidation sites excluding steroid dienone is 8. The minimum Gasteiger partial charge on any atom is -0.462 e. The Kier molecular flexibility index (Phi) is 30.4. The minimum absolute atomic E-state index is 0.109. The zero-order valence-corrected chi connectivity index (χ0v) is 30.9. The van der Waals surface area contributed by atoms with Crippen molar-refractivity contribution in [1.82, 2.24) is 0 Å². The van der Waals surface area contributed by atoms with Crippen LogP contribution in [0.3, 0.4) is 0 Å². The molecule has 2 N–H and O–H groups in total. The Bertz CT molecular complexity index is 994. The summed E-state index contributed by atoms with van der Waals surface area (Å²) >= 11 is 0. The van der Waals surface area contributed by atoms with Crippen LogP contribution in [0.25, 0.3) is 0 Å². The van der Waals surface area contributed by atoms with Crippen molar-refractivity contribution < 1.29 is 42.7 Å². The van der Waals surface area contributed by atoms with E-state index in [-0.39, 0.29) is 25.2 Å². The van der Waals surface area contributed by atoms with Crippen molar-refractivity contribution in [2.75, 3.05) is 13.2 Å². The molecular weight excluding hydrogens is 631 g/mol. The van der Waals surface area contributed by atoms with E-state index in [0.717, 1.165) is 57.3 Å². The molecule has 48 heavy (non-hydrogen) atoms. The third-order valence-electron chi connectivity index (χ3n) is 7.50. The molecule has 0 aromatic rings. The van der Waals surface area contributed by atoms with Crippen LogP contribution in [0.2, 0.25) is 0 Å². The average Bonchev–Trinajstić information content (AvgIpc) is 3.02. The monoisotopic (exact) mass is 696 g/mol. The molecular formula is C38H65O9P. The summed E-state index contributed by atoms with van der Waals surface area (Å²) in [7, 11) is -4.78. The Morgan fingerprint density at radius 3 is 1.90 bits per heavy atom. The van der Waals surface area contributed by atoms with Gasteiger partial charge in [-0.3, -0.25) is 18.9 Å². The van der Waals surface area contributed by atoms with Crippen LogP contribution in [-0.4, -0.2) is 46.8 Å². The molecule has 0 unspecified atom stereocenters. The number of hydrogen-bond donors (Lipinski definition) is 2. The van der Waals surface area contributed by atoms with Gasteiger partial charge in [0, 0.05) is 19.3 Å². The average molecular weight is 697 g/mol. The molecule has 0 aliphatic carbocycles. The largest absolute Gasteiger partial charge is 0.469 e. The first kappa shape index (κ1) is 45.7. The number of esters is 2. The van der Waals surface area contributed by atoms with Crippen LogP contribution in [0, 0.1) is 5.92 Å². The fraction of sp³-hybridized carbons (Fsp3) is 0.711. The number of phosphoric ester groups is 1. The lowest BCUT2D eigenvalue weighted by Crippen LogP contribution is -2.29. The maximum Gasteiger partial charge on any atom is 0.469 e. The molecule has 10 heteroatoms. The lowest BCUT2D eigenvalue weighted by atomic mass is 10.0. The highest BCUT2D eigenvalue weighted by Gasteiger charge is 2.22. The van der Waals surface area contributed by atoms with Crippen molar-refractivity contribution in [1.29, 1.82) is 0 Å². The lowest BCUT2D eigenvalue weighted by Gasteiger charge is -2.18. The van der Waals surface area contributed by atoms with E-state index in [2.05, 4.69) is 25.3 Å². The summed E-state index contributed by atoms with van der Waals surface area (Å²) in [6, 6.07) is 0. The van der Waals surface area contributed by atoms with Gasteiger partial charge in [-0.05, 0) is 50.5 Å². The molecule has 1 atom stereocenters. The topological polar surface area (TPSA) is 136 Å². The van der Waals surface area contributed by atoms with Crippen molar-refractivity contribution in [3.8, 4) is 0 Å². The van der Waals surface area contributed by atoms with E-state index in [1.54, 1.807) is 12.2 Å². The predicted molar refractivity (Wildman–Crippen MR) is 193 cm³/mol. The first-order valence-electron chi connectivity index (χ1n) is 18.2. The van der Waals surface area contributed by atoms with E-state index in [1.165, 1.54) is 38.5 Å². The molecule has 0 spiro atoms. The second kappa shape index (κ2) is 31.9. The molecule has 0 fully saturated rings. The molecule has 0 radical (unpaired) electrons. The Morgan fingerprint density at radius 2 is 1.25 bits per heavy atom. The zero-order valence-electron chi connectivity index (χ0n) is 30.0. The molecule has 0 aliphatic heterocycles. The number of rotatable bonds is 32. The summed E-state index contributed by atoms with van der Waals surface area (Å²) < 4.78 is 26.2. The van der Waals surface area contributed by atoms with E-state index in [1.807, 2.05) is 36.5 Å². The molecule has 0 heterocycles. The number of hydrogen-bond acceptors (Lipinski definition) is 7. The van der Waals surface area contributed by atoms with Gasteiger partial charge in [0.15, 0.2) is 11.9 Å². The molecule has 0 aromatic carbocycles. The second-order valence-corrected chi connectivity index (χ2v) is 14.0. The van der Waals surface area contributed by atoms with Gasteiger partial charge in [0.2, 0.25) is 0 Å². The van der Waals surface area contributed by atoms with Crippen molar-refractivity contribution in [3.63, 3.8) is 0 Å². The Labute approximate surface area is 290 Å². The minimum atomic E-state index is -4.78. The Morgan fingerprint density at radius 1 is 0.667 bits per heavy atom. The van der Waals surface area contributed by atoms with Crippen molar-refractivity contribution >= 4 is 25.5 Å². The van der Waals surface area contributed by atoms with Crippen LogP contribution >= 0.6 is 7.82 Å². The molecule has 0 aliphatic rings. The van der Waals surface area contributed by atoms with E-state index >= 15 is 0 Å². The first-order valence-corrected chi connectivity index (χ1v) is 19.8. The molecule has 0 amide bonds. The van der Waals surface area contributed by atoms with Crippen LogP contribution in [0.5, 0.6) is 0 Å². The van der Waals surface area contributed by atoms with Gasteiger partial charge < -0.3 is 19.3 Å². The van der Waals surface area contributed by atoms with Crippen molar-refractivity contribution in [3.05, 3.63) is 48.6 Å². The highest BCUT2D eigenvalue weighted by Crippen LogP contribution is 2.36. The third-order valence-corrected chi connectivity index (χ3v) is 7.99. The quantitative estimate of drug-likeness (QED) is 0.0176. The zero-order chi connectivity index (χ0) is 35.7. The number of carbonyl (C=O) groups is 3. The van der Waals surface area contributed by atoms with Crippen molar-refractivity contribution in [2.45, 2.75) is 155 Å². The Balaban J connectivity index is 4.16. The Hall–Kier alpha value is -2.32. The molecule has 276 valence electrons. The number of ether oxygens (including phenoxy) is 2. The summed E-state index contributed by atoms with van der Waals surface area (Å²) in [5.74, 6) is -0.0469. The molecule has 0 saturated carbocycles. The maximum atomic E-state index is 12.3. The highest BCUT2D eigenvalue weighted by molar-refractivity contribution is 7.46. The van der Waals surface area contributed by atoms with E-state index < -0.39 is 32.5 Å². The van der Waals surface area contributed by atoms with Gasteiger partial charge in [-0.2, -0.15) is 0 Å². The van der Waals surface area contributed by atoms with E-state index in [0.29, 0.717) is 25.7 Å². The highest BCUT2D eigenvalue weighted by atomic mass is 31.2. The fourth-order valence-corrected chi connectivity index (χ4v) is 5.10.